The Labute approximate surface area is 120 Å². The van der Waals surface area contributed by atoms with Gasteiger partial charge in [0.25, 0.3) is 0 Å². The van der Waals surface area contributed by atoms with E-state index in [1.807, 2.05) is 6.07 Å². The van der Waals surface area contributed by atoms with Crippen LogP contribution in [0, 0.1) is 0 Å². The van der Waals surface area contributed by atoms with E-state index in [0.29, 0.717) is 0 Å². The Kier molecular flexibility index (Phi) is 3.88. The van der Waals surface area contributed by atoms with Crippen LogP contribution in [-0.2, 0) is 13.1 Å². The molecule has 1 aliphatic rings. The number of rotatable bonds is 3. The zero-order valence-corrected chi connectivity index (χ0v) is 11.8. The highest BCUT2D eigenvalue weighted by Gasteiger charge is 2.16. The molecule has 1 heterocycles. The van der Waals surface area contributed by atoms with Crippen molar-refractivity contribution in [2.24, 2.45) is 0 Å². The standard InChI is InChI=1S/C17H20N2O/c1-20-16-8-7-15-12-18-9-10-19(17(15)11-16)13-14-5-3-2-4-6-14/h2-8,11,18H,9-10,12-13H2,1H3. The van der Waals surface area contributed by atoms with Crippen LogP contribution in [0.15, 0.2) is 48.5 Å². The smallest absolute Gasteiger partial charge is 0.120 e. The number of ether oxygens (including phenoxy) is 1. The molecule has 0 aliphatic carbocycles. The second-order valence-electron chi connectivity index (χ2n) is 5.08. The highest BCUT2D eigenvalue weighted by atomic mass is 16.5. The summed E-state index contributed by atoms with van der Waals surface area (Å²) in [7, 11) is 1.72. The van der Waals surface area contributed by atoms with Gasteiger partial charge in [-0.1, -0.05) is 36.4 Å². The van der Waals surface area contributed by atoms with Crippen LogP contribution in [-0.4, -0.2) is 20.2 Å². The average Bonchev–Trinajstić information content (AvgIpc) is 2.70. The molecule has 2 aromatic rings. The molecular formula is C17H20N2O. The van der Waals surface area contributed by atoms with Gasteiger partial charge >= 0.3 is 0 Å². The van der Waals surface area contributed by atoms with Gasteiger partial charge in [-0.3, -0.25) is 0 Å². The van der Waals surface area contributed by atoms with E-state index in [9.17, 15) is 0 Å². The number of fused-ring (bicyclic) bond motifs is 1. The molecule has 2 aromatic carbocycles. The van der Waals surface area contributed by atoms with Gasteiger partial charge in [-0.25, -0.2) is 0 Å². The minimum atomic E-state index is 0.920. The van der Waals surface area contributed by atoms with Crippen LogP contribution in [0.25, 0.3) is 0 Å². The summed E-state index contributed by atoms with van der Waals surface area (Å²) in [6, 6.07) is 16.9. The molecule has 0 amide bonds. The first-order valence-corrected chi connectivity index (χ1v) is 7.03. The number of methoxy groups -OCH3 is 1. The number of nitrogens with one attached hydrogen (secondary N) is 1. The van der Waals surface area contributed by atoms with Crippen molar-refractivity contribution < 1.29 is 4.74 Å². The largest absolute Gasteiger partial charge is 0.497 e. The van der Waals surface area contributed by atoms with Crippen molar-refractivity contribution in [3.63, 3.8) is 0 Å². The molecule has 0 radical (unpaired) electrons. The fourth-order valence-corrected chi connectivity index (χ4v) is 2.64. The summed E-state index contributed by atoms with van der Waals surface area (Å²) in [5, 5.41) is 3.47. The first-order chi connectivity index (χ1) is 9.86. The maximum Gasteiger partial charge on any atom is 0.120 e. The van der Waals surface area contributed by atoms with E-state index in [4.69, 9.17) is 4.74 Å². The minimum absolute atomic E-state index is 0.920. The summed E-state index contributed by atoms with van der Waals surface area (Å²) in [5.74, 6) is 0.920. The lowest BCUT2D eigenvalue weighted by Crippen LogP contribution is -2.28. The topological polar surface area (TPSA) is 24.5 Å². The van der Waals surface area contributed by atoms with Gasteiger partial charge in [0, 0.05) is 37.9 Å². The SMILES string of the molecule is COc1ccc2c(c1)N(Cc1ccccc1)CCNC2. The van der Waals surface area contributed by atoms with E-state index in [2.05, 4.69) is 52.7 Å². The lowest BCUT2D eigenvalue weighted by Gasteiger charge is -2.25. The van der Waals surface area contributed by atoms with E-state index in [1.165, 1.54) is 16.8 Å². The van der Waals surface area contributed by atoms with Crippen LogP contribution in [0.5, 0.6) is 5.75 Å². The van der Waals surface area contributed by atoms with Crippen molar-refractivity contribution in [3.8, 4) is 5.75 Å². The zero-order chi connectivity index (χ0) is 13.8. The molecule has 1 N–H and O–H groups in total. The number of anilines is 1. The molecule has 0 bridgehead atoms. The van der Waals surface area contributed by atoms with Gasteiger partial charge in [0.2, 0.25) is 0 Å². The second kappa shape index (κ2) is 5.97. The maximum atomic E-state index is 5.37. The minimum Gasteiger partial charge on any atom is -0.497 e. The van der Waals surface area contributed by atoms with Crippen molar-refractivity contribution >= 4 is 5.69 Å². The predicted octanol–water partition coefficient (Wildman–Crippen LogP) is 2.81. The number of hydrogen-bond donors (Lipinski definition) is 1. The third-order valence-electron chi connectivity index (χ3n) is 3.72. The molecule has 0 saturated carbocycles. The lowest BCUT2D eigenvalue weighted by atomic mass is 10.1. The van der Waals surface area contributed by atoms with Crippen LogP contribution in [0.1, 0.15) is 11.1 Å². The Bertz CT molecular complexity index is 568. The van der Waals surface area contributed by atoms with Gasteiger partial charge in [-0.05, 0) is 17.2 Å². The molecule has 0 unspecified atom stereocenters. The second-order valence-corrected chi connectivity index (χ2v) is 5.08. The molecule has 104 valence electrons. The van der Waals surface area contributed by atoms with Crippen molar-refractivity contribution in [1.82, 2.24) is 5.32 Å². The molecule has 0 saturated heterocycles. The van der Waals surface area contributed by atoms with E-state index >= 15 is 0 Å². The molecule has 20 heavy (non-hydrogen) atoms. The molecule has 3 rings (SSSR count). The first-order valence-electron chi connectivity index (χ1n) is 7.03. The van der Waals surface area contributed by atoms with Gasteiger partial charge < -0.3 is 15.0 Å². The third kappa shape index (κ3) is 2.78. The molecule has 3 nitrogen and oxygen atoms in total. The summed E-state index contributed by atoms with van der Waals surface area (Å²) >= 11 is 0. The van der Waals surface area contributed by atoms with Crippen molar-refractivity contribution in [2.75, 3.05) is 25.1 Å². The van der Waals surface area contributed by atoms with E-state index < -0.39 is 0 Å². The number of benzene rings is 2. The molecule has 1 aliphatic heterocycles. The van der Waals surface area contributed by atoms with Crippen molar-refractivity contribution in [3.05, 3.63) is 59.7 Å². The highest BCUT2D eigenvalue weighted by molar-refractivity contribution is 5.58. The molecule has 0 fully saturated rings. The van der Waals surface area contributed by atoms with Gasteiger partial charge in [0.05, 0.1) is 7.11 Å². The third-order valence-corrected chi connectivity index (χ3v) is 3.72. The summed E-state index contributed by atoms with van der Waals surface area (Å²) in [5.41, 5.74) is 3.95. The Morgan fingerprint density at radius 1 is 1.15 bits per heavy atom. The fraction of sp³-hybridized carbons (Fsp3) is 0.294. The zero-order valence-electron chi connectivity index (χ0n) is 11.8. The van der Waals surface area contributed by atoms with Crippen molar-refractivity contribution in [2.45, 2.75) is 13.1 Å². The lowest BCUT2D eigenvalue weighted by molar-refractivity contribution is 0.414. The van der Waals surface area contributed by atoms with Crippen LogP contribution in [0.3, 0.4) is 0 Å². The van der Waals surface area contributed by atoms with Crippen molar-refractivity contribution in [1.29, 1.82) is 0 Å². The summed E-state index contributed by atoms with van der Waals surface area (Å²) in [4.78, 5) is 2.42. The summed E-state index contributed by atoms with van der Waals surface area (Å²) in [6.45, 7) is 3.87. The van der Waals surface area contributed by atoms with Gasteiger partial charge in [0.1, 0.15) is 5.75 Å². The molecular weight excluding hydrogens is 248 g/mol. The normalized spacial score (nSPS) is 14.6. The van der Waals surface area contributed by atoms with E-state index in [-0.39, 0.29) is 0 Å². The highest BCUT2D eigenvalue weighted by Crippen LogP contribution is 2.28. The van der Waals surface area contributed by atoms with E-state index in [1.54, 1.807) is 7.11 Å². The maximum absolute atomic E-state index is 5.37. The molecule has 3 heteroatoms. The fourth-order valence-electron chi connectivity index (χ4n) is 2.64. The molecule has 0 spiro atoms. The van der Waals surface area contributed by atoms with Crippen LogP contribution >= 0.6 is 0 Å². The molecule has 0 atom stereocenters. The predicted molar refractivity (Wildman–Crippen MR) is 82.2 cm³/mol. The molecule has 0 aromatic heterocycles. The summed E-state index contributed by atoms with van der Waals surface area (Å²) in [6.07, 6.45) is 0. The van der Waals surface area contributed by atoms with Gasteiger partial charge in [0.15, 0.2) is 0 Å². The number of hydrogen-bond acceptors (Lipinski definition) is 3. The van der Waals surface area contributed by atoms with Crippen LogP contribution in [0.2, 0.25) is 0 Å². The van der Waals surface area contributed by atoms with Crippen LogP contribution in [0.4, 0.5) is 5.69 Å². The number of nitrogens with zero attached hydrogens (tertiary/aromatic N) is 1. The first kappa shape index (κ1) is 13.0. The Morgan fingerprint density at radius 2 is 2.00 bits per heavy atom. The quantitative estimate of drug-likeness (QED) is 0.926. The van der Waals surface area contributed by atoms with Gasteiger partial charge in [-0.15, -0.1) is 0 Å². The Hall–Kier alpha value is -2.00. The Morgan fingerprint density at radius 3 is 2.80 bits per heavy atom. The van der Waals surface area contributed by atoms with E-state index in [0.717, 1.165) is 31.9 Å². The monoisotopic (exact) mass is 268 g/mol. The van der Waals surface area contributed by atoms with Crippen LogP contribution < -0.4 is 15.0 Å². The van der Waals surface area contributed by atoms with Gasteiger partial charge in [-0.2, -0.15) is 0 Å². The summed E-state index contributed by atoms with van der Waals surface area (Å²) < 4.78 is 5.37. The average molecular weight is 268 g/mol. The Balaban J connectivity index is 1.91.